The zero-order valence-electron chi connectivity index (χ0n) is 7.42. The van der Waals surface area contributed by atoms with E-state index in [1.54, 1.807) is 21.1 Å². The van der Waals surface area contributed by atoms with Gasteiger partial charge >= 0.3 is 0 Å². The van der Waals surface area contributed by atoms with E-state index in [-0.39, 0.29) is 0 Å². The summed E-state index contributed by atoms with van der Waals surface area (Å²) < 4.78 is 0. The lowest BCUT2D eigenvalue weighted by Gasteiger charge is -2.01. The predicted molar refractivity (Wildman–Crippen MR) is 49.9 cm³/mol. The van der Waals surface area contributed by atoms with Crippen LogP contribution in [0.4, 0.5) is 0 Å². The Bertz CT molecular complexity index is 192. The van der Waals surface area contributed by atoms with Crippen molar-refractivity contribution in [1.29, 1.82) is 0 Å². The molecule has 0 fully saturated rings. The Kier molecular flexibility index (Phi) is 4.10. The summed E-state index contributed by atoms with van der Waals surface area (Å²) in [6.45, 7) is 1.85. The Hall–Kier alpha value is -1.19. The minimum absolute atomic E-state index is 0.426. The van der Waals surface area contributed by atoms with E-state index in [4.69, 9.17) is 5.73 Å². The van der Waals surface area contributed by atoms with Crippen molar-refractivity contribution in [1.82, 2.24) is 0 Å². The molecule has 0 radical (unpaired) electrons. The predicted octanol–water partition coefficient (Wildman–Crippen LogP) is 0.135. The van der Waals surface area contributed by atoms with Crippen molar-refractivity contribution in [3.05, 3.63) is 0 Å². The summed E-state index contributed by atoms with van der Waals surface area (Å²) in [5.41, 5.74) is 7.01. The molecule has 0 heterocycles. The van der Waals surface area contributed by atoms with Gasteiger partial charge in [-0.15, -0.1) is 0 Å². The summed E-state index contributed by atoms with van der Waals surface area (Å²) in [4.78, 5) is 11.7. The molecule has 0 aliphatic rings. The van der Waals surface area contributed by atoms with Crippen molar-refractivity contribution in [2.75, 3.05) is 21.1 Å². The van der Waals surface area contributed by atoms with Gasteiger partial charge in [0.25, 0.3) is 0 Å². The second-order valence-corrected chi connectivity index (χ2v) is 1.99. The molecular weight excluding hydrogens is 140 g/mol. The first-order chi connectivity index (χ1) is 5.17. The van der Waals surface area contributed by atoms with Gasteiger partial charge in [0.15, 0.2) is 0 Å². The second kappa shape index (κ2) is 4.60. The topological polar surface area (TPSA) is 63.1 Å². The maximum Gasteiger partial charge on any atom is 0.145 e. The van der Waals surface area contributed by atoms with E-state index in [2.05, 4.69) is 15.0 Å². The number of nitrogens with two attached hydrogens (primary N) is 1. The highest BCUT2D eigenvalue weighted by atomic mass is 14.9. The minimum atomic E-state index is 0.426. The molecule has 0 aromatic rings. The normalized spacial score (nSPS) is 15.5. The molecule has 0 rings (SSSR count). The van der Waals surface area contributed by atoms with Crippen LogP contribution in [0.5, 0.6) is 0 Å². The van der Waals surface area contributed by atoms with Crippen LogP contribution in [0.1, 0.15) is 6.92 Å². The summed E-state index contributed by atoms with van der Waals surface area (Å²) in [6, 6.07) is 0. The Balaban J connectivity index is 4.72. The summed E-state index contributed by atoms with van der Waals surface area (Å²) in [5.74, 6) is 0.426. The fourth-order valence-corrected chi connectivity index (χ4v) is 0.674. The molecule has 0 aliphatic carbocycles. The molecule has 2 N–H and O–H groups in total. The van der Waals surface area contributed by atoms with Gasteiger partial charge in [-0.05, 0) is 6.92 Å². The SMILES string of the molecule is CN=C(C)C(=N/C)/C(N)=N\C. The van der Waals surface area contributed by atoms with Crippen LogP contribution in [0.25, 0.3) is 0 Å². The second-order valence-electron chi connectivity index (χ2n) is 1.99. The molecule has 4 heteroatoms. The van der Waals surface area contributed by atoms with E-state index in [1.165, 1.54) is 0 Å². The van der Waals surface area contributed by atoms with Crippen molar-refractivity contribution in [3.63, 3.8) is 0 Å². The molecule has 0 unspecified atom stereocenters. The number of amidine groups is 1. The number of nitrogens with zero attached hydrogens (tertiary/aromatic N) is 3. The lowest BCUT2D eigenvalue weighted by Crippen LogP contribution is -2.29. The van der Waals surface area contributed by atoms with E-state index < -0.39 is 0 Å². The van der Waals surface area contributed by atoms with E-state index in [1.807, 2.05) is 6.92 Å². The maximum atomic E-state index is 5.54. The number of hydrogen-bond donors (Lipinski definition) is 1. The molecule has 11 heavy (non-hydrogen) atoms. The Morgan fingerprint density at radius 3 is 1.82 bits per heavy atom. The molecule has 0 amide bonds. The lowest BCUT2D eigenvalue weighted by atomic mass is 10.2. The highest BCUT2D eigenvalue weighted by molar-refractivity contribution is 6.67. The van der Waals surface area contributed by atoms with E-state index in [0.717, 1.165) is 5.71 Å². The molecule has 4 nitrogen and oxygen atoms in total. The van der Waals surface area contributed by atoms with Gasteiger partial charge in [-0.3, -0.25) is 15.0 Å². The Morgan fingerprint density at radius 1 is 1.00 bits per heavy atom. The molecule has 0 aromatic carbocycles. The lowest BCUT2D eigenvalue weighted by molar-refractivity contribution is 1.39. The molecule has 0 spiro atoms. The van der Waals surface area contributed by atoms with Crippen LogP contribution in [0.15, 0.2) is 15.0 Å². The molecular formula is C7H14N4. The Morgan fingerprint density at radius 2 is 1.55 bits per heavy atom. The Labute approximate surface area is 67.0 Å². The minimum Gasteiger partial charge on any atom is -0.382 e. The first-order valence-corrected chi connectivity index (χ1v) is 3.30. The first-order valence-electron chi connectivity index (χ1n) is 3.30. The average molecular weight is 154 g/mol. The highest BCUT2D eigenvalue weighted by Gasteiger charge is 2.05. The summed E-state index contributed by atoms with van der Waals surface area (Å²) in [6.07, 6.45) is 0. The van der Waals surface area contributed by atoms with Crippen LogP contribution < -0.4 is 5.73 Å². The molecule has 0 saturated carbocycles. The average Bonchev–Trinajstić information content (AvgIpc) is 2.05. The monoisotopic (exact) mass is 154 g/mol. The van der Waals surface area contributed by atoms with E-state index in [9.17, 15) is 0 Å². The molecule has 0 saturated heterocycles. The van der Waals surface area contributed by atoms with Crippen LogP contribution in [0.2, 0.25) is 0 Å². The molecule has 0 bridgehead atoms. The quantitative estimate of drug-likeness (QED) is 0.446. The summed E-state index contributed by atoms with van der Waals surface area (Å²) in [7, 11) is 5.00. The van der Waals surface area contributed by atoms with Gasteiger partial charge in [-0.2, -0.15) is 0 Å². The van der Waals surface area contributed by atoms with Gasteiger partial charge in [-0.25, -0.2) is 0 Å². The van der Waals surface area contributed by atoms with Crippen LogP contribution in [0, 0.1) is 0 Å². The van der Waals surface area contributed by atoms with Crippen LogP contribution in [-0.4, -0.2) is 38.4 Å². The van der Waals surface area contributed by atoms with Crippen LogP contribution >= 0.6 is 0 Å². The number of rotatable bonds is 2. The third-order valence-electron chi connectivity index (χ3n) is 1.39. The van der Waals surface area contributed by atoms with Crippen molar-refractivity contribution >= 4 is 17.3 Å². The standard InChI is InChI=1S/C7H14N4/c1-5(9-2)6(10-3)7(8)11-4/h1-4H3,(H2,8,11)/b9-5?,10-6-. The van der Waals surface area contributed by atoms with Crippen molar-refractivity contribution in [3.8, 4) is 0 Å². The molecule has 0 aromatic heterocycles. The molecule has 0 atom stereocenters. The zero-order chi connectivity index (χ0) is 8.85. The third kappa shape index (κ3) is 2.49. The molecule has 0 aliphatic heterocycles. The first kappa shape index (κ1) is 9.81. The summed E-state index contributed by atoms with van der Waals surface area (Å²) >= 11 is 0. The van der Waals surface area contributed by atoms with Gasteiger partial charge in [-0.1, -0.05) is 0 Å². The maximum absolute atomic E-state index is 5.54. The van der Waals surface area contributed by atoms with Gasteiger partial charge in [0.05, 0.1) is 5.71 Å². The van der Waals surface area contributed by atoms with E-state index >= 15 is 0 Å². The fourth-order valence-electron chi connectivity index (χ4n) is 0.674. The largest absolute Gasteiger partial charge is 0.382 e. The van der Waals surface area contributed by atoms with Crippen molar-refractivity contribution < 1.29 is 0 Å². The van der Waals surface area contributed by atoms with Gasteiger partial charge in [0, 0.05) is 21.1 Å². The van der Waals surface area contributed by atoms with Crippen LogP contribution in [-0.2, 0) is 0 Å². The van der Waals surface area contributed by atoms with Crippen molar-refractivity contribution in [2.24, 2.45) is 20.7 Å². The van der Waals surface area contributed by atoms with E-state index in [0.29, 0.717) is 11.5 Å². The van der Waals surface area contributed by atoms with Crippen LogP contribution in [0.3, 0.4) is 0 Å². The zero-order valence-corrected chi connectivity index (χ0v) is 7.42. The van der Waals surface area contributed by atoms with Crippen molar-refractivity contribution in [2.45, 2.75) is 6.92 Å². The van der Waals surface area contributed by atoms with Gasteiger partial charge < -0.3 is 5.73 Å². The fraction of sp³-hybridized carbons (Fsp3) is 0.571. The van der Waals surface area contributed by atoms with Gasteiger partial charge in [0.2, 0.25) is 0 Å². The highest BCUT2D eigenvalue weighted by Crippen LogP contribution is 1.84. The smallest absolute Gasteiger partial charge is 0.145 e. The number of aliphatic imine (C=N–C) groups is 3. The number of hydrogen-bond acceptors (Lipinski definition) is 3. The molecule has 62 valence electrons. The van der Waals surface area contributed by atoms with Gasteiger partial charge in [0.1, 0.15) is 11.5 Å². The third-order valence-corrected chi connectivity index (χ3v) is 1.39. The summed E-state index contributed by atoms with van der Waals surface area (Å²) in [5, 5.41) is 0.